The molecule has 2 amide bonds. The van der Waals surface area contributed by atoms with Crippen LogP contribution in [0.4, 0.5) is 21.9 Å². The van der Waals surface area contributed by atoms with E-state index in [1.807, 2.05) is 0 Å². The summed E-state index contributed by atoms with van der Waals surface area (Å²) in [7, 11) is 2.90. The van der Waals surface area contributed by atoms with Gasteiger partial charge in [0.25, 0.3) is 5.69 Å². The van der Waals surface area contributed by atoms with Crippen molar-refractivity contribution in [3.63, 3.8) is 0 Å². The topological polar surface area (TPSA) is 103 Å². The minimum Gasteiger partial charge on any atom is -0.495 e. The van der Waals surface area contributed by atoms with Gasteiger partial charge in [0.15, 0.2) is 0 Å². The van der Waals surface area contributed by atoms with Crippen molar-refractivity contribution in [3.8, 4) is 11.5 Å². The number of methoxy groups -OCH3 is 2. The molecule has 0 aliphatic carbocycles. The molecule has 0 saturated carbocycles. The zero-order chi connectivity index (χ0) is 16.8. The number of nitrogens with zero attached hydrogens (tertiary/aromatic N) is 1. The number of carbonyl (C=O) groups excluding carboxylic acids is 1. The largest absolute Gasteiger partial charge is 0.495 e. The van der Waals surface area contributed by atoms with E-state index < -0.39 is 11.0 Å². The van der Waals surface area contributed by atoms with E-state index in [9.17, 15) is 14.9 Å². The van der Waals surface area contributed by atoms with Gasteiger partial charge in [-0.25, -0.2) is 4.79 Å². The molecule has 23 heavy (non-hydrogen) atoms. The zero-order valence-corrected chi connectivity index (χ0v) is 12.5. The first-order valence-electron chi connectivity index (χ1n) is 6.58. The first-order valence-corrected chi connectivity index (χ1v) is 6.58. The van der Waals surface area contributed by atoms with E-state index in [2.05, 4.69) is 10.6 Å². The van der Waals surface area contributed by atoms with E-state index in [0.29, 0.717) is 17.2 Å². The molecule has 2 aromatic rings. The highest BCUT2D eigenvalue weighted by Crippen LogP contribution is 2.29. The molecule has 0 bridgehead atoms. The molecule has 120 valence electrons. The fraction of sp³-hybridized carbons (Fsp3) is 0.133. The van der Waals surface area contributed by atoms with Crippen molar-refractivity contribution < 1.29 is 19.2 Å². The molecule has 0 aliphatic rings. The summed E-state index contributed by atoms with van der Waals surface area (Å²) in [5.41, 5.74) is 0.504. The summed E-state index contributed by atoms with van der Waals surface area (Å²) < 4.78 is 10.2. The van der Waals surface area contributed by atoms with Gasteiger partial charge in [-0.05, 0) is 18.2 Å². The van der Waals surface area contributed by atoms with Crippen LogP contribution in [0.25, 0.3) is 0 Å². The molecule has 2 aromatic carbocycles. The van der Waals surface area contributed by atoms with Gasteiger partial charge < -0.3 is 20.1 Å². The van der Waals surface area contributed by atoms with Crippen molar-refractivity contribution in [2.45, 2.75) is 0 Å². The fourth-order valence-electron chi connectivity index (χ4n) is 1.93. The molecule has 2 rings (SSSR count). The number of non-ortho nitro benzene ring substituents is 1. The monoisotopic (exact) mass is 317 g/mol. The van der Waals surface area contributed by atoms with Crippen molar-refractivity contribution in [3.05, 3.63) is 52.6 Å². The van der Waals surface area contributed by atoms with Gasteiger partial charge in [0.2, 0.25) is 0 Å². The average Bonchev–Trinajstić information content (AvgIpc) is 2.55. The maximum atomic E-state index is 12.1. The predicted octanol–water partition coefficient (Wildman–Crippen LogP) is 3.26. The van der Waals surface area contributed by atoms with Crippen molar-refractivity contribution in [2.24, 2.45) is 0 Å². The van der Waals surface area contributed by atoms with Crippen LogP contribution >= 0.6 is 0 Å². The van der Waals surface area contributed by atoms with Crippen molar-refractivity contribution in [2.75, 3.05) is 24.9 Å². The summed E-state index contributed by atoms with van der Waals surface area (Å²) in [4.78, 5) is 22.4. The number of nitrogens with one attached hydrogen (secondary N) is 2. The lowest BCUT2D eigenvalue weighted by Gasteiger charge is -2.12. The Morgan fingerprint density at radius 2 is 1.61 bits per heavy atom. The third kappa shape index (κ3) is 3.88. The molecule has 8 heteroatoms. The molecular formula is C15H15N3O5. The lowest BCUT2D eigenvalue weighted by Crippen LogP contribution is -2.20. The van der Waals surface area contributed by atoms with E-state index in [1.54, 1.807) is 24.3 Å². The SMILES string of the molecule is COc1ccccc1NC(=O)Nc1cc([N+](=O)[O-])ccc1OC. The summed E-state index contributed by atoms with van der Waals surface area (Å²) in [5, 5.41) is 16.0. The van der Waals surface area contributed by atoms with Crippen LogP contribution in [0.15, 0.2) is 42.5 Å². The third-order valence-electron chi connectivity index (χ3n) is 3.00. The highest BCUT2D eigenvalue weighted by molar-refractivity contribution is 6.01. The van der Waals surface area contributed by atoms with Crippen molar-refractivity contribution in [1.82, 2.24) is 0 Å². The number of anilines is 2. The van der Waals surface area contributed by atoms with Crippen LogP contribution in [0.2, 0.25) is 0 Å². The smallest absolute Gasteiger partial charge is 0.323 e. The van der Waals surface area contributed by atoms with Gasteiger partial charge in [-0.1, -0.05) is 12.1 Å². The van der Waals surface area contributed by atoms with Crippen LogP contribution in [-0.4, -0.2) is 25.2 Å². The van der Waals surface area contributed by atoms with Gasteiger partial charge in [-0.3, -0.25) is 10.1 Å². The summed E-state index contributed by atoms with van der Waals surface area (Å²) in [6.07, 6.45) is 0. The molecule has 0 aromatic heterocycles. The Morgan fingerprint density at radius 1 is 1.00 bits per heavy atom. The number of amides is 2. The second kappa shape index (κ2) is 7.12. The second-order valence-corrected chi connectivity index (χ2v) is 4.42. The van der Waals surface area contributed by atoms with Crippen LogP contribution in [0.3, 0.4) is 0 Å². The van der Waals surface area contributed by atoms with Crippen molar-refractivity contribution in [1.29, 1.82) is 0 Å². The molecule has 2 N–H and O–H groups in total. The highest BCUT2D eigenvalue weighted by Gasteiger charge is 2.14. The van der Waals surface area contributed by atoms with Crippen LogP contribution < -0.4 is 20.1 Å². The number of nitro benzene ring substituents is 1. The Hall–Kier alpha value is -3.29. The Labute approximate surface area is 132 Å². The normalized spacial score (nSPS) is 9.83. The van der Waals surface area contributed by atoms with Gasteiger partial charge in [0, 0.05) is 12.1 Å². The average molecular weight is 317 g/mol. The van der Waals surface area contributed by atoms with E-state index in [0.717, 1.165) is 0 Å². The van der Waals surface area contributed by atoms with Crippen LogP contribution in [0.5, 0.6) is 11.5 Å². The van der Waals surface area contributed by atoms with E-state index in [1.165, 1.54) is 32.4 Å². The minimum atomic E-state index is -0.576. The van der Waals surface area contributed by atoms with Gasteiger partial charge in [0.1, 0.15) is 11.5 Å². The number of hydrogen-bond donors (Lipinski definition) is 2. The van der Waals surface area contributed by atoms with Gasteiger partial charge in [-0.2, -0.15) is 0 Å². The molecule has 8 nitrogen and oxygen atoms in total. The van der Waals surface area contributed by atoms with Gasteiger partial charge in [-0.15, -0.1) is 0 Å². The minimum absolute atomic E-state index is 0.154. The summed E-state index contributed by atoms with van der Waals surface area (Å²) in [6, 6.07) is 10.2. The number of benzene rings is 2. The second-order valence-electron chi connectivity index (χ2n) is 4.42. The Morgan fingerprint density at radius 3 is 2.26 bits per heavy atom. The molecule has 0 spiro atoms. The van der Waals surface area contributed by atoms with Crippen LogP contribution in [0.1, 0.15) is 0 Å². The predicted molar refractivity (Wildman–Crippen MR) is 85.3 cm³/mol. The summed E-state index contributed by atoms with van der Waals surface area (Å²) >= 11 is 0. The molecule has 0 fully saturated rings. The van der Waals surface area contributed by atoms with Crippen LogP contribution in [-0.2, 0) is 0 Å². The van der Waals surface area contributed by atoms with E-state index in [4.69, 9.17) is 9.47 Å². The Kier molecular flexibility index (Phi) is 4.98. The fourth-order valence-corrected chi connectivity index (χ4v) is 1.93. The molecule has 0 unspecified atom stereocenters. The Balaban J connectivity index is 2.19. The summed E-state index contributed by atoms with van der Waals surface area (Å²) in [5.74, 6) is 0.805. The molecule has 0 radical (unpaired) electrons. The van der Waals surface area contributed by atoms with E-state index >= 15 is 0 Å². The lowest BCUT2D eigenvalue weighted by molar-refractivity contribution is -0.384. The maximum Gasteiger partial charge on any atom is 0.323 e. The first-order chi connectivity index (χ1) is 11.0. The molecular weight excluding hydrogens is 302 g/mol. The Bertz CT molecular complexity index is 733. The third-order valence-corrected chi connectivity index (χ3v) is 3.00. The number of carbonyl (C=O) groups is 1. The number of hydrogen-bond acceptors (Lipinski definition) is 5. The number of rotatable bonds is 5. The van der Waals surface area contributed by atoms with E-state index in [-0.39, 0.29) is 11.4 Å². The highest BCUT2D eigenvalue weighted by atomic mass is 16.6. The zero-order valence-electron chi connectivity index (χ0n) is 12.5. The van der Waals surface area contributed by atoms with Gasteiger partial charge in [0.05, 0.1) is 30.5 Å². The number of urea groups is 1. The van der Waals surface area contributed by atoms with Gasteiger partial charge >= 0.3 is 6.03 Å². The lowest BCUT2D eigenvalue weighted by atomic mass is 10.2. The first kappa shape index (κ1) is 16.1. The van der Waals surface area contributed by atoms with Crippen molar-refractivity contribution >= 4 is 23.1 Å². The maximum absolute atomic E-state index is 12.1. The standard InChI is InChI=1S/C15H15N3O5/c1-22-13-6-4-3-5-11(13)16-15(19)17-12-9-10(18(20)21)7-8-14(12)23-2/h3-9H,1-2H3,(H2,16,17,19). The molecule has 0 saturated heterocycles. The quantitative estimate of drug-likeness (QED) is 0.651. The molecule has 0 atom stereocenters. The number of para-hydroxylation sites is 2. The number of nitro groups is 1. The molecule has 0 heterocycles. The molecule has 0 aliphatic heterocycles. The number of ether oxygens (including phenoxy) is 2. The summed E-state index contributed by atoms with van der Waals surface area (Å²) in [6.45, 7) is 0. The van der Waals surface area contributed by atoms with Crippen LogP contribution in [0, 0.1) is 10.1 Å².